The van der Waals surface area contributed by atoms with Crippen LogP contribution in [0, 0.1) is 0 Å². The van der Waals surface area contributed by atoms with E-state index in [1.54, 1.807) is 36.4 Å². The first-order valence-electron chi connectivity index (χ1n) is 11.5. The third-order valence-electron chi connectivity index (χ3n) is 5.95. The highest BCUT2D eigenvalue weighted by Crippen LogP contribution is 2.43. The molecule has 34 heavy (non-hydrogen) atoms. The molecule has 0 radical (unpaired) electrons. The largest absolute Gasteiger partial charge is 0.508 e. The Morgan fingerprint density at radius 2 is 1.68 bits per heavy atom. The van der Waals surface area contributed by atoms with Crippen LogP contribution in [0.2, 0.25) is 0 Å². The molecule has 4 aromatic rings. The van der Waals surface area contributed by atoms with Crippen LogP contribution in [-0.4, -0.2) is 16.2 Å². The smallest absolute Gasteiger partial charge is 0.335 e. The molecule has 4 rings (SSSR count). The van der Waals surface area contributed by atoms with E-state index in [9.17, 15) is 15.0 Å². The van der Waals surface area contributed by atoms with Gasteiger partial charge >= 0.3 is 5.97 Å². The third kappa shape index (κ3) is 4.96. The number of carboxylic acids is 1. The van der Waals surface area contributed by atoms with Crippen LogP contribution in [-0.2, 0) is 11.2 Å². The molecule has 0 amide bonds. The monoisotopic (exact) mass is 452 g/mol. The van der Waals surface area contributed by atoms with Crippen molar-refractivity contribution >= 4 is 22.3 Å². The van der Waals surface area contributed by atoms with Crippen LogP contribution >= 0.6 is 0 Å². The number of aromatic hydroxyl groups is 1. The second-order valence-corrected chi connectivity index (χ2v) is 8.38. The Morgan fingerprint density at radius 3 is 2.35 bits per heavy atom. The number of hydrogen-bond donors (Lipinski definition) is 2. The minimum absolute atomic E-state index is 0.0374. The number of carboxylic acid groups (broad SMARTS) is 1. The fourth-order valence-corrected chi connectivity index (χ4v) is 4.17. The topological polar surface area (TPSA) is 66.8 Å². The standard InChI is InChI=1S/C30H28O4/c1-3-4-6-11-23-18-24-19-25(31)14-17-27(24)29(28(23)22-9-7-5-8-10-22)34-26-15-12-21(13-16-26)20(2)30(32)33/h5,7-10,12-19,31H,2-4,6,11H2,1H3,(H,32,33). The lowest BCUT2D eigenvalue weighted by Crippen LogP contribution is -1.99. The number of fused-ring (bicyclic) bond motifs is 1. The van der Waals surface area contributed by atoms with Gasteiger partial charge in [0.1, 0.15) is 17.2 Å². The minimum atomic E-state index is -1.05. The molecule has 0 heterocycles. The van der Waals surface area contributed by atoms with E-state index < -0.39 is 5.97 Å². The molecule has 0 bridgehead atoms. The lowest BCUT2D eigenvalue weighted by Gasteiger charge is -2.19. The zero-order valence-electron chi connectivity index (χ0n) is 19.3. The van der Waals surface area contributed by atoms with Crippen LogP contribution in [0.15, 0.2) is 85.4 Å². The first-order valence-corrected chi connectivity index (χ1v) is 11.5. The number of phenols is 1. The molecule has 0 saturated carbocycles. The Kier molecular flexibility index (Phi) is 6.98. The van der Waals surface area contributed by atoms with E-state index in [4.69, 9.17) is 4.74 Å². The highest BCUT2D eigenvalue weighted by atomic mass is 16.5. The van der Waals surface area contributed by atoms with Crippen molar-refractivity contribution in [1.82, 2.24) is 0 Å². The summed E-state index contributed by atoms with van der Waals surface area (Å²) < 4.78 is 6.50. The lowest BCUT2D eigenvalue weighted by molar-refractivity contribution is -0.130. The highest BCUT2D eigenvalue weighted by molar-refractivity contribution is 6.14. The number of unbranched alkanes of at least 4 members (excludes halogenated alkanes) is 2. The van der Waals surface area contributed by atoms with Crippen molar-refractivity contribution in [3.05, 3.63) is 96.6 Å². The summed E-state index contributed by atoms with van der Waals surface area (Å²) in [5.74, 6) is 0.479. The molecule has 4 nitrogen and oxygen atoms in total. The quantitative estimate of drug-likeness (QED) is 0.201. The normalized spacial score (nSPS) is 10.9. The molecule has 0 aliphatic heterocycles. The minimum Gasteiger partial charge on any atom is -0.508 e. The van der Waals surface area contributed by atoms with Crippen LogP contribution in [0.5, 0.6) is 17.2 Å². The van der Waals surface area contributed by atoms with Crippen LogP contribution < -0.4 is 4.74 Å². The maximum atomic E-state index is 11.2. The maximum Gasteiger partial charge on any atom is 0.335 e. The van der Waals surface area contributed by atoms with Gasteiger partial charge < -0.3 is 14.9 Å². The van der Waals surface area contributed by atoms with Crippen LogP contribution in [0.3, 0.4) is 0 Å². The van der Waals surface area contributed by atoms with Gasteiger partial charge in [-0.05, 0) is 65.3 Å². The molecular formula is C30H28O4. The number of benzene rings is 4. The molecular weight excluding hydrogens is 424 g/mol. The first-order chi connectivity index (χ1) is 16.5. The zero-order valence-corrected chi connectivity index (χ0v) is 19.3. The summed E-state index contributed by atoms with van der Waals surface area (Å²) in [6, 6.07) is 24.6. The summed E-state index contributed by atoms with van der Waals surface area (Å²) in [5.41, 5.74) is 3.84. The average molecular weight is 453 g/mol. The predicted octanol–water partition coefficient (Wildman–Crippen LogP) is 7.84. The molecule has 4 aromatic carbocycles. The second kappa shape index (κ2) is 10.3. The molecule has 0 atom stereocenters. The number of rotatable bonds is 9. The molecule has 0 aliphatic rings. The average Bonchev–Trinajstić information content (AvgIpc) is 2.84. The van der Waals surface area contributed by atoms with Gasteiger partial charge in [-0.15, -0.1) is 0 Å². The molecule has 4 heteroatoms. The summed E-state index contributed by atoms with van der Waals surface area (Å²) in [7, 11) is 0. The van der Waals surface area contributed by atoms with Gasteiger partial charge in [-0.1, -0.05) is 74.9 Å². The summed E-state index contributed by atoms with van der Waals surface area (Å²) in [5, 5.41) is 21.2. The van der Waals surface area contributed by atoms with Crippen molar-refractivity contribution < 1.29 is 19.7 Å². The Labute approximate surface area is 199 Å². The van der Waals surface area contributed by atoms with Gasteiger partial charge in [-0.3, -0.25) is 0 Å². The Morgan fingerprint density at radius 1 is 0.941 bits per heavy atom. The number of aliphatic carboxylic acids is 1. The molecule has 0 unspecified atom stereocenters. The fraction of sp³-hybridized carbons (Fsp3) is 0.167. The van der Waals surface area contributed by atoms with Crippen molar-refractivity contribution in [2.45, 2.75) is 32.6 Å². The number of ether oxygens (including phenoxy) is 1. The van der Waals surface area contributed by atoms with Crippen molar-refractivity contribution in [1.29, 1.82) is 0 Å². The lowest BCUT2D eigenvalue weighted by atomic mass is 9.91. The van der Waals surface area contributed by atoms with Crippen molar-refractivity contribution in [3.8, 4) is 28.4 Å². The highest BCUT2D eigenvalue weighted by Gasteiger charge is 2.18. The van der Waals surface area contributed by atoms with Gasteiger partial charge in [0.25, 0.3) is 0 Å². The van der Waals surface area contributed by atoms with Gasteiger partial charge in [0.2, 0.25) is 0 Å². The van der Waals surface area contributed by atoms with Crippen LogP contribution in [0.4, 0.5) is 0 Å². The van der Waals surface area contributed by atoms with Gasteiger partial charge in [0.05, 0.1) is 5.57 Å². The molecule has 0 aromatic heterocycles. The molecule has 0 fully saturated rings. The van der Waals surface area contributed by atoms with Crippen molar-refractivity contribution in [3.63, 3.8) is 0 Å². The number of aryl methyl sites for hydroxylation is 1. The predicted molar refractivity (Wildman–Crippen MR) is 137 cm³/mol. The van der Waals surface area contributed by atoms with E-state index in [1.807, 2.05) is 24.3 Å². The van der Waals surface area contributed by atoms with E-state index in [-0.39, 0.29) is 11.3 Å². The molecule has 0 spiro atoms. The first kappa shape index (κ1) is 23.1. The number of hydrogen-bond acceptors (Lipinski definition) is 3. The number of carbonyl (C=O) groups is 1. The van der Waals surface area contributed by atoms with Gasteiger partial charge in [-0.25, -0.2) is 4.79 Å². The summed E-state index contributed by atoms with van der Waals surface area (Å²) in [4.78, 5) is 11.2. The fourth-order valence-electron chi connectivity index (χ4n) is 4.17. The van der Waals surface area contributed by atoms with Gasteiger partial charge in [0.15, 0.2) is 0 Å². The van der Waals surface area contributed by atoms with E-state index in [0.717, 1.165) is 53.3 Å². The third-order valence-corrected chi connectivity index (χ3v) is 5.95. The number of phenolic OH excluding ortho intramolecular Hbond substituents is 1. The SMILES string of the molecule is C=C(C(=O)O)c1ccc(Oc2c(-c3ccccc3)c(CCCCC)cc3cc(O)ccc23)cc1. The van der Waals surface area contributed by atoms with E-state index in [2.05, 4.69) is 31.7 Å². The van der Waals surface area contributed by atoms with E-state index in [1.165, 1.54) is 5.56 Å². The maximum absolute atomic E-state index is 11.2. The molecule has 0 aliphatic carbocycles. The summed E-state index contributed by atoms with van der Waals surface area (Å²) in [6.45, 7) is 5.81. The van der Waals surface area contributed by atoms with E-state index >= 15 is 0 Å². The van der Waals surface area contributed by atoms with Gasteiger partial charge in [-0.2, -0.15) is 0 Å². The Bertz CT molecular complexity index is 1320. The van der Waals surface area contributed by atoms with Crippen LogP contribution in [0.25, 0.3) is 27.5 Å². The van der Waals surface area contributed by atoms with Gasteiger partial charge in [0, 0.05) is 10.9 Å². The Hall–Kier alpha value is -4.05. The molecule has 172 valence electrons. The van der Waals surface area contributed by atoms with Crippen LogP contribution in [0.1, 0.15) is 37.3 Å². The van der Waals surface area contributed by atoms with Crippen molar-refractivity contribution in [2.75, 3.05) is 0 Å². The second-order valence-electron chi connectivity index (χ2n) is 8.38. The zero-order chi connectivity index (χ0) is 24.1. The molecule has 2 N–H and O–H groups in total. The molecule has 0 saturated heterocycles. The Balaban J connectivity index is 1.87. The summed E-state index contributed by atoms with van der Waals surface area (Å²) in [6.07, 6.45) is 4.23. The van der Waals surface area contributed by atoms with Crippen molar-refractivity contribution in [2.24, 2.45) is 0 Å². The van der Waals surface area contributed by atoms with E-state index in [0.29, 0.717) is 11.3 Å². The summed E-state index contributed by atoms with van der Waals surface area (Å²) >= 11 is 0.